The lowest BCUT2D eigenvalue weighted by molar-refractivity contribution is -0.119. The first-order chi connectivity index (χ1) is 13.7. The van der Waals surface area contributed by atoms with Gasteiger partial charge in [-0.15, -0.1) is 0 Å². The van der Waals surface area contributed by atoms with E-state index in [4.69, 9.17) is 28.3 Å². The summed E-state index contributed by atoms with van der Waals surface area (Å²) in [5.41, 5.74) is 2.99. The van der Waals surface area contributed by atoms with Crippen LogP contribution in [0.3, 0.4) is 0 Å². The van der Waals surface area contributed by atoms with Crippen LogP contribution in [0.2, 0.25) is 10.0 Å². The quantitative estimate of drug-likeness (QED) is 0.609. The molecule has 2 aromatic heterocycles. The van der Waals surface area contributed by atoms with E-state index >= 15 is 0 Å². The van der Waals surface area contributed by atoms with Gasteiger partial charge in [0.05, 0.1) is 45.4 Å². The van der Waals surface area contributed by atoms with Gasteiger partial charge in [0.1, 0.15) is 6.04 Å². The Morgan fingerprint density at radius 2 is 1.97 bits per heavy atom. The molecule has 0 aliphatic carbocycles. The number of carboxylic acids is 1. The molecule has 3 rings (SSSR count). The van der Waals surface area contributed by atoms with Crippen LogP contribution in [0.1, 0.15) is 40.3 Å². The van der Waals surface area contributed by atoms with E-state index in [1.54, 1.807) is 30.7 Å². The fraction of sp³-hybridized carbons (Fsp3) is 0.263. The zero-order valence-corrected chi connectivity index (χ0v) is 17.5. The normalized spacial score (nSPS) is 12.0. The van der Waals surface area contributed by atoms with Gasteiger partial charge in [-0.1, -0.05) is 29.3 Å². The van der Waals surface area contributed by atoms with Crippen LogP contribution in [0.15, 0.2) is 30.6 Å². The summed E-state index contributed by atoms with van der Waals surface area (Å²) in [6, 6.07) is 4.67. The molecule has 0 aliphatic heterocycles. The molecule has 2 heterocycles. The molecule has 0 aliphatic rings. The molecule has 0 saturated heterocycles. The molecular formula is C19H19Cl2N5O3. The molecule has 0 spiro atoms. The molecule has 1 amide bonds. The predicted molar refractivity (Wildman–Crippen MR) is 110 cm³/mol. The van der Waals surface area contributed by atoms with E-state index in [1.807, 2.05) is 13.0 Å². The molecule has 0 fully saturated rings. The number of carboxylic acid groups (broad SMARTS) is 1. The van der Waals surface area contributed by atoms with Crippen molar-refractivity contribution >= 4 is 40.8 Å². The van der Waals surface area contributed by atoms with Crippen LogP contribution in [0.5, 0.6) is 0 Å². The van der Waals surface area contributed by atoms with Gasteiger partial charge in [-0.3, -0.25) is 14.2 Å². The summed E-state index contributed by atoms with van der Waals surface area (Å²) < 4.78 is 3.08. The fourth-order valence-electron chi connectivity index (χ4n) is 2.85. The topological polar surface area (TPSA) is 102 Å². The van der Waals surface area contributed by atoms with Crippen molar-refractivity contribution in [2.75, 3.05) is 5.32 Å². The van der Waals surface area contributed by atoms with E-state index < -0.39 is 12.0 Å². The maximum Gasteiger partial charge on any atom is 0.338 e. The zero-order chi connectivity index (χ0) is 21.3. The Labute approximate surface area is 177 Å². The maximum absolute atomic E-state index is 12.7. The number of rotatable bonds is 6. The second-order valence-corrected chi connectivity index (χ2v) is 7.45. The van der Waals surface area contributed by atoms with Crippen LogP contribution in [0, 0.1) is 13.8 Å². The van der Waals surface area contributed by atoms with Crippen molar-refractivity contribution in [3.63, 3.8) is 0 Å². The van der Waals surface area contributed by atoms with Gasteiger partial charge in [-0.25, -0.2) is 4.79 Å². The Bertz CT molecular complexity index is 1090. The fourth-order valence-corrected chi connectivity index (χ4v) is 3.17. The van der Waals surface area contributed by atoms with Crippen molar-refractivity contribution < 1.29 is 14.7 Å². The highest BCUT2D eigenvalue weighted by atomic mass is 35.5. The van der Waals surface area contributed by atoms with Crippen molar-refractivity contribution in [1.82, 2.24) is 19.6 Å². The standard InChI is InChI=1S/C19H19Cl2N5O3/c1-10-17(23-18(27)12(3)25-9-14(7-22-25)19(28)29)11(2)26(24-10)8-13-4-5-15(20)16(21)6-13/h4-7,9,12H,8H2,1-3H3,(H,23,27)(H,28,29). The number of carbonyl (C=O) groups excluding carboxylic acids is 1. The molecule has 3 aromatic rings. The molecule has 8 nitrogen and oxygen atoms in total. The highest BCUT2D eigenvalue weighted by Gasteiger charge is 2.21. The van der Waals surface area contributed by atoms with Crippen molar-refractivity contribution in [3.05, 3.63) is 63.2 Å². The van der Waals surface area contributed by atoms with Crippen LogP contribution in [-0.2, 0) is 11.3 Å². The average Bonchev–Trinajstić information content (AvgIpc) is 3.25. The number of aromatic carboxylic acids is 1. The van der Waals surface area contributed by atoms with E-state index in [2.05, 4.69) is 15.5 Å². The van der Waals surface area contributed by atoms with Gasteiger partial charge < -0.3 is 10.4 Å². The van der Waals surface area contributed by atoms with Crippen molar-refractivity contribution in [1.29, 1.82) is 0 Å². The third-order valence-corrected chi connectivity index (χ3v) is 5.31. The van der Waals surface area contributed by atoms with Crippen molar-refractivity contribution in [3.8, 4) is 0 Å². The van der Waals surface area contributed by atoms with E-state index in [0.29, 0.717) is 28.0 Å². The molecule has 1 atom stereocenters. The lowest BCUT2D eigenvalue weighted by Gasteiger charge is -2.13. The van der Waals surface area contributed by atoms with Gasteiger partial charge in [0, 0.05) is 6.20 Å². The van der Waals surface area contributed by atoms with Crippen LogP contribution in [0.25, 0.3) is 0 Å². The monoisotopic (exact) mass is 435 g/mol. The van der Waals surface area contributed by atoms with Gasteiger partial charge in [0.15, 0.2) is 0 Å². The number of carbonyl (C=O) groups is 2. The Hall–Kier alpha value is -2.84. The molecule has 0 bridgehead atoms. The van der Waals surface area contributed by atoms with Gasteiger partial charge in [-0.05, 0) is 38.5 Å². The molecule has 152 valence electrons. The first-order valence-corrected chi connectivity index (χ1v) is 9.49. The number of hydrogen-bond donors (Lipinski definition) is 2. The molecule has 29 heavy (non-hydrogen) atoms. The highest BCUT2D eigenvalue weighted by molar-refractivity contribution is 6.42. The first kappa shape index (κ1) is 20.9. The number of benzene rings is 1. The summed E-state index contributed by atoms with van der Waals surface area (Å²) in [6.45, 7) is 5.76. The van der Waals surface area contributed by atoms with Gasteiger partial charge in [0.2, 0.25) is 5.91 Å². The Kier molecular flexibility index (Phi) is 5.95. The summed E-state index contributed by atoms with van der Waals surface area (Å²) in [5, 5.41) is 21.3. The minimum atomic E-state index is -1.10. The minimum Gasteiger partial charge on any atom is -0.478 e. The summed E-state index contributed by atoms with van der Waals surface area (Å²) in [4.78, 5) is 23.7. The van der Waals surface area contributed by atoms with Gasteiger partial charge in [0.25, 0.3) is 0 Å². The molecule has 2 N–H and O–H groups in total. The largest absolute Gasteiger partial charge is 0.478 e. The molecule has 0 radical (unpaired) electrons. The minimum absolute atomic E-state index is 0.0199. The Morgan fingerprint density at radius 1 is 1.24 bits per heavy atom. The van der Waals surface area contributed by atoms with Crippen molar-refractivity contribution in [2.24, 2.45) is 0 Å². The maximum atomic E-state index is 12.7. The van der Waals surface area contributed by atoms with E-state index in [0.717, 1.165) is 11.3 Å². The second kappa shape index (κ2) is 8.26. The summed E-state index contributed by atoms with van der Waals surface area (Å²) in [7, 11) is 0. The van der Waals surface area contributed by atoms with E-state index in [9.17, 15) is 9.59 Å². The third kappa shape index (κ3) is 4.44. The number of nitrogens with one attached hydrogen (secondary N) is 1. The van der Waals surface area contributed by atoms with E-state index in [1.165, 1.54) is 17.1 Å². The predicted octanol–water partition coefficient (Wildman–Crippen LogP) is 3.95. The number of anilines is 1. The Morgan fingerprint density at radius 3 is 2.59 bits per heavy atom. The third-order valence-electron chi connectivity index (χ3n) is 4.57. The molecule has 10 heteroatoms. The number of aryl methyl sites for hydroxylation is 1. The van der Waals surface area contributed by atoms with Crippen LogP contribution >= 0.6 is 23.2 Å². The van der Waals surface area contributed by atoms with Crippen LogP contribution in [-0.4, -0.2) is 36.5 Å². The lowest BCUT2D eigenvalue weighted by atomic mass is 10.2. The average molecular weight is 436 g/mol. The van der Waals surface area contributed by atoms with E-state index in [-0.39, 0.29) is 11.5 Å². The summed E-state index contributed by atoms with van der Waals surface area (Å²) in [6.07, 6.45) is 2.53. The number of hydrogen-bond acceptors (Lipinski definition) is 4. The van der Waals surface area contributed by atoms with Crippen LogP contribution in [0.4, 0.5) is 5.69 Å². The highest BCUT2D eigenvalue weighted by Crippen LogP contribution is 2.25. The first-order valence-electron chi connectivity index (χ1n) is 8.73. The van der Waals surface area contributed by atoms with Crippen molar-refractivity contribution in [2.45, 2.75) is 33.4 Å². The van der Waals surface area contributed by atoms with Gasteiger partial charge >= 0.3 is 5.97 Å². The molecule has 1 unspecified atom stereocenters. The van der Waals surface area contributed by atoms with Gasteiger partial charge in [-0.2, -0.15) is 10.2 Å². The SMILES string of the molecule is Cc1nn(Cc2ccc(Cl)c(Cl)c2)c(C)c1NC(=O)C(C)n1cc(C(=O)O)cn1. The zero-order valence-electron chi connectivity index (χ0n) is 16.0. The number of halogens is 2. The second-order valence-electron chi connectivity index (χ2n) is 6.63. The summed E-state index contributed by atoms with van der Waals surface area (Å²) >= 11 is 12.0. The molecule has 0 saturated carbocycles. The van der Waals surface area contributed by atoms with Crippen LogP contribution < -0.4 is 5.32 Å². The lowest BCUT2D eigenvalue weighted by Crippen LogP contribution is -2.24. The number of aromatic nitrogens is 4. The molecular weight excluding hydrogens is 417 g/mol. The Balaban J connectivity index is 1.77. The summed E-state index contributed by atoms with van der Waals surface area (Å²) in [5.74, 6) is -1.43. The number of nitrogens with zero attached hydrogens (tertiary/aromatic N) is 4. The molecule has 1 aromatic carbocycles. The number of amides is 1. The smallest absolute Gasteiger partial charge is 0.338 e.